The first kappa shape index (κ1) is 25.0. The third kappa shape index (κ3) is 6.12. The summed E-state index contributed by atoms with van der Waals surface area (Å²) in [5.74, 6) is 0.531. The molecule has 0 radical (unpaired) electrons. The minimum Gasteiger partial charge on any atom is -0.491 e. The second-order valence-corrected chi connectivity index (χ2v) is 9.58. The maximum Gasteiger partial charge on any atom is 0.257 e. The number of carbonyl (C=O) groups excluding carboxylic acids is 2. The zero-order valence-electron chi connectivity index (χ0n) is 20.0. The molecule has 3 aromatic rings. The Morgan fingerprint density at radius 3 is 2.40 bits per heavy atom. The first-order valence-corrected chi connectivity index (χ1v) is 13.0. The average Bonchev–Trinajstić information content (AvgIpc) is 2.89. The lowest BCUT2D eigenvalue weighted by Gasteiger charge is -2.34. The molecule has 0 aromatic heterocycles. The topological polar surface area (TPSA) is 49.9 Å². The predicted molar refractivity (Wildman–Crippen MR) is 142 cm³/mol. The fourth-order valence-corrected chi connectivity index (χ4v) is 4.95. The number of nitrogens with zero attached hydrogens (tertiary/aromatic N) is 2. The molecule has 0 saturated carbocycles. The van der Waals surface area contributed by atoms with Crippen LogP contribution in [0.1, 0.15) is 46.0 Å². The summed E-state index contributed by atoms with van der Waals surface area (Å²) in [6, 6.07) is 24.9. The van der Waals surface area contributed by atoms with Crippen molar-refractivity contribution in [1.82, 2.24) is 9.80 Å². The maximum absolute atomic E-state index is 13.8. The zero-order valence-corrected chi connectivity index (χ0v) is 21.6. The smallest absolute Gasteiger partial charge is 0.257 e. The minimum absolute atomic E-state index is 0.00979. The Balaban J connectivity index is 1.71. The Kier molecular flexibility index (Phi) is 8.59. The van der Waals surface area contributed by atoms with Gasteiger partial charge in [-0.3, -0.25) is 9.59 Å². The SMILES string of the molecule is CCN1CCCCN(C(=O)c2ccccc2Br)[C@@H](Cc2ccccc2)COc2ccccc2C1=O. The van der Waals surface area contributed by atoms with Crippen molar-refractivity contribution in [3.8, 4) is 5.75 Å². The van der Waals surface area contributed by atoms with Crippen LogP contribution >= 0.6 is 15.9 Å². The molecule has 1 aliphatic heterocycles. The van der Waals surface area contributed by atoms with Gasteiger partial charge in [0.1, 0.15) is 12.4 Å². The quantitative estimate of drug-likeness (QED) is 0.422. The van der Waals surface area contributed by atoms with Gasteiger partial charge in [0, 0.05) is 24.1 Å². The number of hydrogen-bond acceptors (Lipinski definition) is 3. The lowest BCUT2D eigenvalue weighted by atomic mass is 10.0. The van der Waals surface area contributed by atoms with E-state index in [4.69, 9.17) is 4.74 Å². The van der Waals surface area contributed by atoms with Crippen LogP contribution in [0.2, 0.25) is 0 Å². The Bertz CT molecular complexity index is 1150. The van der Waals surface area contributed by atoms with E-state index in [0.717, 1.165) is 22.9 Å². The van der Waals surface area contributed by atoms with Gasteiger partial charge in [-0.05, 0) is 71.9 Å². The average molecular weight is 535 g/mol. The summed E-state index contributed by atoms with van der Waals surface area (Å²) in [6.07, 6.45) is 2.28. The number of benzene rings is 3. The molecule has 1 heterocycles. The molecule has 35 heavy (non-hydrogen) atoms. The van der Waals surface area contributed by atoms with Crippen LogP contribution in [0.4, 0.5) is 0 Å². The second kappa shape index (κ2) is 12.0. The lowest BCUT2D eigenvalue weighted by molar-refractivity contribution is 0.0585. The van der Waals surface area contributed by atoms with Gasteiger partial charge in [0.25, 0.3) is 11.8 Å². The van der Waals surface area contributed by atoms with Crippen molar-refractivity contribution in [2.75, 3.05) is 26.2 Å². The minimum atomic E-state index is -0.193. The molecular weight excluding hydrogens is 504 g/mol. The Morgan fingerprint density at radius 1 is 0.943 bits per heavy atom. The Morgan fingerprint density at radius 2 is 1.63 bits per heavy atom. The van der Waals surface area contributed by atoms with Crippen LogP contribution < -0.4 is 4.74 Å². The highest BCUT2D eigenvalue weighted by Crippen LogP contribution is 2.25. The van der Waals surface area contributed by atoms with E-state index in [-0.39, 0.29) is 17.9 Å². The van der Waals surface area contributed by atoms with Crippen molar-refractivity contribution in [2.24, 2.45) is 0 Å². The first-order chi connectivity index (χ1) is 17.1. The van der Waals surface area contributed by atoms with Gasteiger partial charge < -0.3 is 14.5 Å². The molecule has 0 bridgehead atoms. The van der Waals surface area contributed by atoms with Crippen molar-refractivity contribution in [3.63, 3.8) is 0 Å². The van der Waals surface area contributed by atoms with Crippen molar-refractivity contribution < 1.29 is 14.3 Å². The third-order valence-corrected chi connectivity index (χ3v) is 7.11. The van der Waals surface area contributed by atoms with Gasteiger partial charge in [-0.1, -0.05) is 54.6 Å². The van der Waals surface area contributed by atoms with E-state index >= 15 is 0 Å². The summed E-state index contributed by atoms with van der Waals surface area (Å²) in [5.41, 5.74) is 2.35. The predicted octanol–water partition coefficient (Wildman–Crippen LogP) is 5.84. The van der Waals surface area contributed by atoms with Crippen molar-refractivity contribution in [1.29, 1.82) is 0 Å². The largest absolute Gasteiger partial charge is 0.491 e. The summed E-state index contributed by atoms with van der Waals surface area (Å²) >= 11 is 3.56. The number of para-hydroxylation sites is 1. The number of carbonyl (C=O) groups is 2. The molecule has 0 spiro atoms. The fourth-order valence-electron chi connectivity index (χ4n) is 4.50. The van der Waals surface area contributed by atoms with Gasteiger partial charge in [-0.2, -0.15) is 0 Å². The van der Waals surface area contributed by atoms with Gasteiger partial charge in [-0.25, -0.2) is 0 Å². The van der Waals surface area contributed by atoms with E-state index in [1.807, 2.05) is 83.5 Å². The molecule has 6 heteroatoms. The number of amides is 2. The Labute approximate surface area is 215 Å². The summed E-state index contributed by atoms with van der Waals surface area (Å²) < 4.78 is 7.08. The fraction of sp³-hybridized carbons (Fsp3) is 0.310. The van der Waals surface area contributed by atoms with Gasteiger partial charge >= 0.3 is 0 Å². The van der Waals surface area contributed by atoms with E-state index in [9.17, 15) is 9.59 Å². The molecule has 0 N–H and O–H groups in total. The van der Waals surface area contributed by atoms with Crippen LogP contribution in [0, 0.1) is 0 Å². The summed E-state index contributed by atoms with van der Waals surface area (Å²) in [6.45, 7) is 4.15. The van der Waals surface area contributed by atoms with Gasteiger partial charge in [0.05, 0.1) is 17.2 Å². The molecular formula is C29H31BrN2O3. The highest BCUT2D eigenvalue weighted by molar-refractivity contribution is 9.10. The normalized spacial score (nSPS) is 17.1. The highest BCUT2D eigenvalue weighted by atomic mass is 79.9. The molecule has 0 fully saturated rings. The lowest BCUT2D eigenvalue weighted by Crippen LogP contribution is -2.46. The molecule has 0 aliphatic carbocycles. The number of rotatable bonds is 4. The van der Waals surface area contributed by atoms with Crippen LogP contribution in [0.25, 0.3) is 0 Å². The van der Waals surface area contributed by atoms with Crippen LogP contribution in [-0.2, 0) is 6.42 Å². The van der Waals surface area contributed by atoms with E-state index < -0.39 is 0 Å². The van der Waals surface area contributed by atoms with Crippen molar-refractivity contribution >= 4 is 27.7 Å². The monoisotopic (exact) mass is 534 g/mol. The van der Waals surface area contributed by atoms with E-state index in [2.05, 4.69) is 28.1 Å². The van der Waals surface area contributed by atoms with Gasteiger partial charge in [-0.15, -0.1) is 0 Å². The summed E-state index contributed by atoms with van der Waals surface area (Å²) in [7, 11) is 0. The maximum atomic E-state index is 13.8. The third-order valence-electron chi connectivity index (χ3n) is 6.41. The molecule has 1 atom stereocenters. The van der Waals surface area contributed by atoms with Crippen LogP contribution in [0.3, 0.4) is 0 Å². The Hall–Kier alpha value is -3.12. The highest BCUT2D eigenvalue weighted by Gasteiger charge is 2.28. The van der Waals surface area contributed by atoms with Crippen molar-refractivity contribution in [2.45, 2.75) is 32.2 Å². The molecule has 3 aromatic carbocycles. The molecule has 2 amide bonds. The number of ether oxygens (including phenoxy) is 1. The van der Waals surface area contributed by atoms with E-state index in [1.54, 1.807) is 0 Å². The zero-order chi connectivity index (χ0) is 24.6. The van der Waals surface area contributed by atoms with Crippen LogP contribution in [-0.4, -0.2) is 53.9 Å². The van der Waals surface area contributed by atoms with Crippen molar-refractivity contribution in [3.05, 3.63) is 100 Å². The molecule has 4 rings (SSSR count). The number of fused-ring (bicyclic) bond motifs is 1. The molecule has 182 valence electrons. The van der Waals surface area contributed by atoms with Gasteiger partial charge in [0.2, 0.25) is 0 Å². The van der Waals surface area contributed by atoms with Crippen LogP contribution in [0.15, 0.2) is 83.3 Å². The number of hydrogen-bond donors (Lipinski definition) is 0. The number of halogens is 1. The second-order valence-electron chi connectivity index (χ2n) is 8.72. The molecule has 0 saturated heterocycles. The van der Waals surface area contributed by atoms with E-state index in [0.29, 0.717) is 49.5 Å². The first-order valence-electron chi connectivity index (χ1n) is 12.2. The van der Waals surface area contributed by atoms with Gasteiger partial charge in [0.15, 0.2) is 0 Å². The van der Waals surface area contributed by atoms with Crippen LogP contribution in [0.5, 0.6) is 5.75 Å². The molecule has 1 aliphatic rings. The standard InChI is InChI=1S/C29H31BrN2O3/c1-2-31-18-10-11-19-32(29(34)24-14-6-8-16-26(24)30)23(20-22-12-4-3-5-13-22)21-35-27-17-9-7-15-25(27)28(31)33/h3-9,12-17,23H,2,10-11,18-21H2,1H3/t23-/m0/s1. The summed E-state index contributed by atoms with van der Waals surface area (Å²) in [4.78, 5) is 30.9. The molecule has 5 nitrogen and oxygen atoms in total. The molecule has 0 unspecified atom stereocenters. The summed E-state index contributed by atoms with van der Waals surface area (Å²) in [5, 5.41) is 0. The van der Waals surface area contributed by atoms with E-state index in [1.165, 1.54) is 0 Å².